The number of hydrogen-bond acceptors (Lipinski definition) is 4. The van der Waals surface area contributed by atoms with E-state index in [0.717, 1.165) is 29.8 Å². The number of esters is 1. The molecule has 0 saturated heterocycles. The van der Waals surface area contributed by atoms with Gasteiger partial charge in [0, 0.05) is 5.75 Å². The van der Waals surface area contributed by atoms with Gasteiger partial charge in [0.15, 0.2) is 0 Å². The van der Waals surface area contributed by atoms with Crippen LogP contribution in [0, 0.1) is 11.8 Å². The van der Waals surface area contributed by atoms with E-state index in [-0.39, 0.29) is 5.97 Å². The Hall–Kier alpha value is 0.170. The zero-order chi connectivity index (χ0) is 15.3. The smallest absolute Gasteiger partial charge is 0.306 e. The molecule has 124 valence electrons. The van der Waals surface area contributed by atoms with E-state index in [1.54, 1.807) is 0 Å². The SMILES string of the molecule is CCCCCCOC(=O)CCSCC1CCCC(CS)C1. The lowest BCUT2D eigenvalue weighted by Crippen LogP contribution is -2.18. The van der Waals surface area contributed by atoms with Crippen LogP contribution in [-0.4, -0.2) is 29.8 Å². The van der Waals surface area contributed by atoms with E-state index >= 15 is 0 Å². The van der Waals surface area contributed by atoms with E-state index in [9.17, 15) is 4.79 Å². The molecule has 0 heterocycles. The summed E-state index contributed by atoms with van der Waals surface area (Å²) in [5.41, 5.74) is 0. The largest absolute Gasteiger partial charge is 0.466 e. The fraction of sp³-hybridized carbons (Fsp3) is 0.941. The summed E-state index contributed by atoms with van der Waals surface area (Å²) in [4.78, 5) is 11.6. The van der Waals surface area contributed by atoms with Crippen LogP contribution < -0.4 is 0 Å². The van der Waals surface area contributed by atoms with Crippen LogP contribution in [0.4, 0.5) is 0 Å². The van der Waals surface area contributed by atoms with Crippen molar-refractivity contribution in [2.75, 3.05) is 23.9 Å². The molecule has 0 aliphatic heterocycles. The molecule has 0 N–H and O–H groups in total. The third kappa shape index (κ3) is 9.72. The quantitative estimate of drug-likeness (QED) is 0.329. The first-order valence-corrected chi connectivity index (χ1v) is 10.4. The molecule has 1 aliphatic rings. The topological polar surface area (TPSA) is 26.3 Å². The van der Waals surface area contributed by atoms with Crippen LogP contribution >= 0.6 is 24.4 Å². The molecule has 1 saturated carbocycles. The average molecular weight is 333 g/mol. The van der Waals surface area contributed by atoms with E-state index in [4.69, 9.17) is 4.74 Å². The normalized spacial score (nSPS) is 22.2. The minimum atomic E-state index is -0.0177. The number of carbonyl (C=O) groups is 1. The predicted molar refractivity (Wildman–Crippen MR) is 96.3 cm³/mol. The summed E-state index contributed by atoms with van der Waals surface area (Å²) in [6, 6.07) is 0. The van der Waals surface area contributed by atoms with E-state index in [2.05, 4.69) is 19.6 Å². The standard InChI is InChI=1S/C17H32O2S2/c1-2-3-4-5-10-19-17(18)9-11-21-14-16-8-6-7-15(12-16)13-20/h15-16,20H,2-14H2,1H3. The molecule has 0 aromatic heterocycles. The Balaban J connectivity index is 1.94. The van der Waals surface area contributed by atoms with Crippen LogP contribution in [0.3, 0.4) is 0 Å². The van der Waals surface area contributed by atoms with Crippen molar-refractivity contribution in [2.24, 2.45) is 11.8 Å². The van der Waals surface area contributed by atoms with Gasteiger partial charge < -0.3 is 4.74 Å². The third-order valence-electron chi connectivity index (χ3n) is 4.21. The number of ether oxygens (including phenoxy) is 1. The second-order valence-electron chi connectivity index (χ2n) is 6.19. The number of thiol groups is 1. The number of unbranched alkanes of at least 4 members (excludes halogenated alkanes) is 3. The van der Waals surface area contributed by atoms with Crippen molar-refractivity contribution in [3.8, 4) is 0 Å². The van der Waals surface area contributed by atoms with Gasteiger partial charge in [-0.3, -0.25) is 4.79 Å². The van der Waals surface area contributed by atoms with Gasteiger partial charge in [-0.15, -0.1) is 0 Å². The van der Waals surface area contributed by atoms with Crippen LogP contribution in [0.15, 0.2) is 0 Å². The minimum Gasteiger partial charge on any atom is -0.466 e. The molecule has 21 heavy (non-hydrogen) atoms. The second kappa shape index (κ2) is 12.7. The molecule has 0 radical (unpaired) electrons. The van der Waals surface area contributed by atoms with E-state index < -0.39 is 0 Å². The molecule has 0 aromatic carbocycles. The molecule has 2 unspecified atom stereocenters. The molecule has 0 bridgehead atoms. The summed E-state index contributed by atoms with van der Waals surface area (Å²) in [5, 5.41) is 0. The van der Waals surface area contributed by atoms with Crippen molar-refractivity contribution in [1.82, 2.24) is 0 Å². The van der Waals surface area contributed by atoms with Crippen molar-refractivity contribution < 1.29 is 9.53 Å². The Labute approximate surface area is 140 Å². The Morgan fingerprint density at radius 2 is 2.05 bits per heavy atom. The van der Waals surface area contributed by atoms with Crippen LogP contribution in [-0.2, 0) is 9.53 Å². The first-order chi connectivity index (χ1) is 10.3. The Kier molecular flexibility index (Phi) is 11.6. The van der Waals surface area contributed by atoms with Crippen molar-refractivity contribution in [2.45, 2.75) is 64.7 Å². The van der Waals surface area contributed by atoms with Gasteiger partial charge in [-0.2, -0.15) is 24.4 Å². The van der Waals surface area contributed by atoms with Gasteiger partial charge in [-0.1, -0.05) is 32.6 Å². The van der Waals surface area contributed by atoms with Crippen LogP contribution in [0.2, 0.25) is 0 Å². The summed E-state index contributed by atoms with van der Waals surface area (Å²) in [6.45, 7) is 2.80. The molecule has 4 heteroatoms. The summed E-state index contributed by atoms with van der Waals surface area (Å²) in [5.74, 6) is 4.79. The fourth-order valence-electron chi connectivity index (χ4n) is 2.91. The van der Waals surface area contributed by atoms with Gasteiger partial charge >= 0.3 is 5.97 Å². The van der Waals surface area contributed by atoms with Crippen molar-refractivity contribution >= 4 is 30.4 Å². The highest BCUT2D eigenvalue weighted by Crippen LogP contribution is 2.31. The van der Waals surface area contributed by atoms with E-state index in [0.29, 0.717) is 13.0 Å². The number of rotatable bonds is 11. The number of thioether (sulfide) groups is 1. The summed E-state index contributed by atoms with van der Waals surface area (Å²) in [6.07, 6.45) is 10.6. The molecule has 1 rings (SSSR count). The Bertz CT molecular complexity index is 272. The van der Waals surface area contributed by atoms with Gasteiger partial charge in [-0.05, 0) is 49.0 Å². The van der Waals surface area contributed by atoms with Gasteiger partial charge in [0.25, 0.3) is 0 Å². The minimum absolute atomic E-state index is 0.0177. The molecule has 2 nitrogen and oxygen atoms in total. The summed E-state index contributed by atoms with van der Waals surface area (Å²) < 4.78 is 5.25. The molecular weight excluding hydrogens is 300 g/mol. The lowest BCUT2D eigenvalue weighted by Gasteiger charge is -2.27. The predicted octanol–water partition coefficient (Wildman–Crippen LogP) is 4.97. The molecule has 1 aliphatic carbocycles. The molecule has 1 fully saturated rings. The third-order valence-corrected chi connectivity index (χ3v) is 5.93. The average Bonchev–Trinajstić information content (AvgIpc) is 2.51. The van der Waals surface area contributed by atoms with Crippen LogP contribution in [0.25, 0.3) is 0 Å². The molecular formula is C17H32O2S2. The monoisotopic (exact) mass is 332 g/mol. The Morgan fingerprint density at radius 3 is 2.81 bits per heavy atom. The first kappa shape index (κ1) is 19.2. The molecule has 0 amide bonds. The summed E-state index contributed by atoms with van der Waals surface area (Å²) in [7, 11) is 0. The summed E-state index contributed by atoms with van der Waals surface area (Å²) >= 11 is 6.35. The Morgan fingerprint density at radius 1 is 1.24 bits per heavy atom. The van der Waals surface area contributed by atoms with Crippen LogP contribution in [0.5, 0.6) is 0 Å². The van der Waals surface area contributed by atoms with Crippen molar-refractivity contribution in [1.29, 1.82) is 0 Å². The molecule has 2 atom stereocenters. The highest BCUT2D eigenvalue weighted by molar-refractivity contribution is 7.99. The number of carbonyl (C=O) groups excluding carboxylic acids is 1. The maximum absolute atomic E-state index is 11.6. The zero-order valence-corrected chi connectivity index (χ0v) is 15.2. The van der Waals surface area contributed by atoms with Crippen molar-refractivity contribution in [3.05, 3.63) is 0 Å². The van der Waals surface area contributed by atoms with E-state index in [1.807, 2.05) is 11.8 Å². The highest BCUT2D eigenvalue weighted by Gasteiger charge is 2.20. The lowest BCUT2D eigenvalue weighted by atomic mass is 9.83. The maximum Gasteiger partial charge on any atom is 0.306 e. The van der Waals surface area contributed by atoms with Crippen LogP contribution in [0.1, 0.15) is 64.7 Å². The van der Waals surface area contributed by atoms with Gasteiger partial charge in [-0.25, -0.2) is 0 Å². The van der Waals surface area contributed by atoms with Gasteiger partial charge in [0.2, 0.25) is 0 Å². The zero-order valence-electron chi connectivity index (χ0n) is 13.5. The molecule has 0 aromatic rings. The second-order valence-corrected chi connectivity index (χ2v) is 7.70. The first-order valence-electron chi connectivity index (χ1n) is 8.60. The fourth-order valence-corrected chi connectivity index (χ4v) is 4.36. The molecule has 0 spiro atoms. The number of hydrogen-bond donors (Lipinski definition) is 1. The van der Waals surface area contributed by atoms with Gasteiger partial charge in [0.1, 0.15) is 0 Å². The highest BCUT2D eigenvalue weighted by atomic mass is 32.2. The van der Waals surface area contributed by atoms with Crippen molar-refractivity contribution in [3.63, 3.8) is 0 Å². The maximum atomic E-state index is 11.6. The van der Waals surface area contributed by atoms with Gasteiger partial charge in [0.05, 0.1) is 13.0 Å². The van der Waals surface area contributed by atoms with E-state index in [1.165, 1.54) is 50.7 Å². The lowest BCUT2D eigenvalue weighted by molar-refractivity contribution is -0.143.